The van der Waals surface area contributed by atoms with Crippen molar-refractivity contribution in [1.82, 2.24) is 0 Å². The van der Waals surface area contributed by atoms with Gasteiger partial charge in [0, 0.05) is 19.3 Å². The topological polar surface area (TPSA) is 78.9 Å². The number of ether oxygens (including phenoxy) is 3. The van der Waals surface area contributed by atoms with E-state index in [0.29, 0.717) is 19.3 Å². The van der Waals surface area contributed by atoms with Gasteiger partial charge >= 0.3 is 17.9 Å². The van der Waals surface area contributed by atoms with Gasteiger partial charge in [0.2, 0.25) is 0 Å². The molecule has 0 radical (unpaired) electrons. The van der Waals surface area contributed by atoms with Gasteiger partial charge < -0.3 is 14.2 Å². The van der Waals surface area contributed by atoms with Crippen LogP contribution in [0.2, 0.25) is 0 Å². The molecule has 474 valence electrons. The molecule has 80 heavy (non-hydrogen) atoms. The Morgan fingerprint density at radius 1 is 0.237 bits per heavy atom. The molecule has 0 aromatic heterocycles. The molecule has 0 amide bonds. The van der Waals surface area contributed by atoms with Crippen molar-refractivity contribution in [1.29, 1.82) is 0 Å². The highest BCUT2D eigenvalue weighted by Crippen LogP contribution is 2.19. The van der Waals surface area contributed by atoms with Crippen LogP contribution in [-0.4, -0.2) is 37.2 Å². The van der Waals surface area contributed by atoms with Gasteiger partial charge in [0.15, 0.2) is 6.10 Å². The number of carbonyl (C=O) groups excluding carboxylic acids is 3. The third-order valence-corrected chi connectivity index (χ3v) is 17.0. The molecule has 0 aromatic carbocycles. The van der Waals surface area contributed by atoms with E-state index in [1.54, 1.807) is 0 Å². The molecule has 0 spiro atoms. The van der Waals surface area contributed by atoms with Gasteiger partial charge in [0.25, 0.3) is 0 Å². The number of rotatable bonds is 69. The summed E-state index contributed by atoms with van der Waals surface area (Å²) in [6.07, 6.45) is 84.1. The van der Waals surface area contributed by atoms with Crippen molar-refractivity contribution in [2.24, 2.45) is 0 Å². The number of esters is 3. The highest BCUT2D eigenvalue weighted by Gasteiger charge is 2.20. The van der Waals surface area contributed by atoms with Crippen molar-refractivity contribution in [3.8, 4) is 0 Å². The largest absolute Gasteiger partial charge is 0.462 e. The number of allylic oxidation sites excluding steroid dienone is 2. The Hall–Kier alpha value is -1.85. The molecule has 0 aliphatic carbocycles. The van der Waals surface area contributed by atoms with Crippen LogP contribution in [0, 0.1) is 0 Å². The van der Waals surface area contributed by atoms with Crippen LogP contribution in [0.4, 0.5) is 0 Å². The van der Waals surface area contributed by atoms with Gasteiger partial charge in [-0.25, -0.2) is 0 Å². The summed E-state index contributed by atoms with van der Waals surface area (Å²) < 4.78 is 17.0. The molecule has 0 bridgehead atoms. The van der Waals surface area contributed by atoms with E-state index >= 15 is 0 Å². The van der Waals surface area contributed by atoms with Crippen molar-refractivity contribution in [2.45, 2.75) is 431 Å². The monoisotopic (exact) mass is 1130 g/mol. The summed E-state index contributed by atoms with van der Waals surface area (Å²) in [5.74, 6) is -0.830. The number of carbonyl (C=O) groups is 3. The van der Waals surface area contributed by atoms with E-state index in [-0.39, 0.29) is 31.1 Å². The Bertz CT molecular complexity index is 1250. The van der Waals surface area contributed by atoms with Crippen LogP contribution >= 0.6 is 0 Å². The van der Waals surface area contributed by atoms with Crippen LogP contribution in [0.1, 0.15) is 425 Å². The minimum atomic E-state index is -0.765. The van der Waals surface area contributed by atoms with Crippen molar-refractivity contribution in [3.05, 3.63) is 12.2 Å². The van der Waals surface area contributed by atoms with Gasteiger partial charge in [-0.3, -0.25) is 14.4 Å². The molecule has 0 fully saturated rings. The van der Waals surface area contributed by atoms with Crippen LogP contribution in [0.15, 0.2) is 12.2 Å². The van der Waals surface area contributed by atoms with E-state index in [4.69, 9.17) is 14.2 Å². The Morgan fingerprint density at radius 3 is 0.625 bits per heavy atom. The van der Waals surface area contributed by atoms with E-state index < -0.39 is 6.10 Å². The lowest BCUT2D eigenvalue weighted by molar-refractivity contribution is -0.167. The van der Waals surface area contributed by atoms with E-state index in [1.165, 1.54) is 327 Å². The molecule has 0 saturated heterocycles. The van der Waals surface area contributed by atoms with E-state index in [0.717, 1.165) is 57.8 Å². The number of hydrogen-bond acceptors (Lipinski definition) is 6. The average Bonchev–Trinajstić information content (AvgIpc) is 3.46. The predicted molar refractivity (Wildman–Crippen MR) is 349 cm³/mol. The Kier molecular flexibility index (Phi) is 68.0. The highest BCUT2D eigenvalue weighted by molar-refractivity contribution is 5.71. The summed E-state index contributed by atoms with van der Waals surface area (Å²) in [5.41, 5.74) is 0. The Morgan fingerprint density at radius 2 is 0.412 bits per heavy atom. The smallest absolute Gasteiger partial charge is 0.306 e. The summed E-state index contributed by atoms with van der Waals surface area (Å²) >= 11 is 0. The summed E-state index contributed by atoms with van der Waals surface area (Å²) in [6.45, 7) is 6.72. The van der Waals surface area contributed by atoms with Crippen molar-refractivity contribution in [2.75, 3.05) is 13.2 Å². The molecule has 0 aromatic rings. The highest BCUT2D eigenvalue weighted by atomic mass is 16.6. The molecule has 0 aliphatic rings. The maximum absolute atomic E-state index is 12.9. The molecule has 0 saturated carbocycles. The molecule has 0 heterocycles. The first-order valence-corrected chi connectivity index (χ1v) is 36.7. The fourth-order valence-electron chi connectivity index (χ4n) is 11.5. The lowest BCUT2D eigenvalue weighted by Gasteiger charge is -2.18. The maximum Gasteiger partial charge on any atom is 0.306 e. The van der Waals surface area contributed by atoms with E-state index in [9.17, 15) is 14.4 Å². The molecule has 0 aliphatic heterocycles. The second-order valence-electron chi connectivity index (χ2n) is 25.2. The molecule has 1 unspecified atom stereocenters. The first kappa shape index (κ1) is 78.1. The van der Waals surface area contributed by atoms with Crippen LogP contribution in [0.25, 0.3) is 0 Å². The molecule has 6 heteroatoms. The predicted octanol–water partition coefficient (Wildman–Crippen LogP) is 25.2. The third-order valence-electron chi connectivity index (χ3n) is 17.0. The Balaban J connectivity index is 4.10. The van der Waals surface area contributed by atoms with Crippen LogP contribution in [0.5, 0.6) is 0 Å². The number of hydrogen-bond donors (Lipinski definition) is 0. The van der Waals surface area contributed by atoms with Gasteiger partial charge in [-0.05, 0) is 44.9 Å². The van der Waals surface area contributed by atoms with Gasteiger partial charge in [-0.1, -0.05) is 373 Å². The fourth-order valence-corrected chi connectivity index (χ4v) is 11.5. The lowest BCUT2D eigenvalue weighted by atomic mass is 10.0. The SMILES string of the molecule is CCCCCCCCCC/C=C\CCCCCCCCCCCCCCCC(=O)OC(COC(=O)CCCCCCCCCCCC)COC(=O)CCCCCCCCCCCCCCCCCCCCCCCCCCCCC. The zero-order chi connectivity index (χ0) is 57.8. The Labute approximate surface area is 501 Å². The third kappa shape index (κ3) is 66.9. The minimum absolute atomic E-state index is 0.0628. The van der Waals surface area contributed by atoms with E-state index in [1.807, 2.05) is 0 Å². The second-order valence-corrected chi connectivity index (χ2v) is 25.2. The summed E-state index contributed by atoms with van der Waals surface area (Å²) in [5, 5.41) is 0. The maximum atomic E-state index is 12.9. The van der Waals surface area contributed by atoms with Crippen LogP contribution in [0.3, 0.4) is 0 Å². The van der Waals surface area contributed by atoms with Gasteiger partial charge in [0.1, 0.15) is 13.2 Å². The fraction of sp³-hybridized carbons (Fsp3) is 0.932. The zero-order valence-corrected chi connectivity index (χ0v) is 54.6. The zero-order valence-electron chi connectivity index (χ0n) is 54.6. The standard InChI is InChI=1S/C74H142O6/c1-4-7-10-13-16-19-22-24-26-28-30-32-34-36-37-39-40-42-44-46-48-50-52-55-58-61-64-67-73(76)79-70-71(69-78-72(75)66-63-60-57-54-21-18-15-12-9-6-3)80-74(77)68-65-62-59-56-53-51-49-47-45-43-41-38-35-33-31-29-27-25-23-20-17-14-11-8-5-2/h29,31,71H,4-28,30,32-70H2,1-3H3/b31-29-. The molecule has 0 rings (SSSR count). The molecular formula is C74H142O6. The summed E-state index contributed by atoms with van der Waals surface area (Å²) in [6, 6.07) is 0. The quantitative estimate of drug-likeness (QED) is 0.0261. The molecule has 1 atom stereocenters. The van der Waals surface area contributed by atoms with Crippen LogP contribution < -0.4 is 0 Å². The van der Waals surface area contributed by atoms with Gasteiger partial charge in [0.05, 0.1) is 0 Å². The molecular weight excluding hydrogens is 985 g/mol. The lowest BCUT2D eigenvalue weighted by Crippen LogP contribution is -2.30. The molecule has 0 N–H and O–H groups in total. The normalized spacial score (nSPS) is 12.0. The average molecular weight is 1130 g/mol. The second kappa shape index (κ2) is 69.6. The van der Waals surface area contributed by atoms with Gasteiger partial charge in [-0.15, -0.1) is 0 Å². The summed E-state index contributed by atoms with van der Waals surface area (Å²) in [4.78, 5) is 38.4. The number of unbranched alkanes of at least 4 members (excludes halogenated alkanes) is 56. The van der Waals surface area contributed by atoms with Crippen molar-refractivity contribution < 1.29 is 28.6 Å². The van der Waals surface area contributed by atoms with Crippen molar-refractivity contribution in [3.63, 3.8) is 0 Å². The summed E-state index contributed by atoms with van der Waals surface area (Å²) in [7, 11) is 0. The van der Waals surface area contributed by atoms with Gasteiger partial charge in [-0.2, -0.15) is 0 Å². The minimum Gasteiger partial charge on any atom is -0.462 e. The molecule has 6 nitrogen and oxygen atoms in total. The first-order valence-electron chi connectivity index (χ1n) is 36.7. The van der Waals surface area contributed by atoms with Crippen molar-refractivity contribution >= 4 is 17.9 Å². The van der Waals surface area contributed by atoms with Crippen LogP contribution in [-0.2, 0) is 28.6 Å². The first-order chi connectivity index (χ1) is 39.5. The van der Waals surface area contributed by atoms with E-state index in [2.05, 4.69) is 32.9 Å².